The molecule has 1 aliphatic rings. The Balaban J connectivity index is 1.70. The van der Waals surface area contributed by atoms with Crippen molar-refractivity contribution in [2.75, 3.05) is 18.4 Å². The van der Waals surface area contributed by atoms with Gasteiger partial charge in [-0.25, -0.2) is 13.2 Å². The van der Waals surface area contributed by atoms with Crippen molar-refractivity contribution >= 4 is 27.8 Å². The number of sulfonamides is 1. The molecule has 2 aromatic rings. The van der Waals surface area contributed by atoms with E-state index in [1.165, 1.54) is 41.6 Å². The van der Waals surface area contributed by atoms with E-state index in [-0.39, 0.29) is 41.6 Å². The molecule has 1 aromatic heterocycles. The van der Waals surface area contributed by atoms with E-state index >= 15 is 0 Å². The van der Waals surface area contributed by atoms with Gasteiger partial charge in [0.1, 0.15) is 0 Å². The Bertz CT molecular complexity index is 1060. The van der Waals surface area contributed by atoms with E-state index in [0.717, 1.165) is 0 Å². The number of anilines is 1. The lowest BCUT2D eigenvalue weighted by atomic mass is 10.2. The Morgan fingerprint density at radius 2 is 1.90 bits per heavy atom. The van der Waals surface area contributed by atoms with Crippen LogP contribution in [0.5, 0.6) is 0 Å². The van der Waals surface area contributed by atoms with Gasteiger partial charge in [0.15, 0.2) is 6.10 Å². The molecule has 168 valence electrons. The van der Waals surface area contributed by atoms with E-state index in [4.69, 9.17) is 14.0 Å². The molecule has 2 heterocycles. The molecular weight excluding hydrogens is 426 g/mol. The number of nitrogens with one attached hydrogen (secondary N) is 1. The van der Waals surface area contributed by atoms with E-state index in [1.54, 1.807) is 20.8 Å². The predicted octanol–water partition coefficient (Wildman–Crippen LogP) is 1.96. The van der Waals surface area contributed by atoms with Crippen molar-refractivity contribution in [3.05, 3.63) is 41.6 Å². The fourth-order valence-corrected chi connectivity index (χ4v) is 4.82. The molecule has 1 aromatic carbocycles. The second-order valence-corrected chi connectivity index (χ2v) is 9.41. The summed E-state index contributed by atoms with van der Waals surface area (Å²) < 4.78 is 43.1. The fourth-order valence-electron chi connectivity index (χ4n) is 3.19. The summed E-state index contributed by atoms with van der Waals surface area (Å²) in [5.41, 5.74) is 0.604. The smallest absolute Gasteiger partial charge is 0.338 e. The maximum absolute atomic E-state index is 13.0. The first kappa shape index (κ1) is 22.9. The van der Waals surface area contributed by atoms with Crippen LogP contribution in [0.15, 0.2) is 39.8 Å². The minimum absolute atomic E-state index is 0.0191. The Hall–Kier alpha value is -2.76. The lowest BCUT2D eigenvalue weighted by Crippen LogP contribution is -2.48. The third kappa shape index (κ3) is 5.49. The monoisotopic (exact) mass is 451 g/mol. The van der Waals surface area contributed by atoms with E-state index in [9.17, 15) is 18.0 Å². The Morgan fingerprint density at radius 1 is 1.23 bits per heavy atom. The lowest BCUT2D eigenvalue weighted by Gasteiger charge is -2.34. The molecule has 11 heteroatoms. The number of nitrogens with zero attached hydrogens (tertiary/aromatic N) is 2. The molecule has 31 heavy (non-hydrogen) atoms. The molecule has 0 aliphatic carbocycles. The first-order valence-electron chi connectivity index (χ1n) is 9.77. The maximum Gasteiger partial charge on any atom is 0.338 e. The number of esters is 1. The van der Waals surface area contributed by atoms with Gasteiger partial charge in [-0.15, -0.1) is 0 Å². The van der Waals surface area contributed by atoms with Gasteiger partial charge in [0.05, 0.1) is 28.4 Å². The SMILES string of the molecule is Cc1cc(NC(=O)C(C)OC(=O)c2cccc(S(=O)(=O)N3CC(C)OC(C)C3)c2)on1. The van der Waals surface area contributed by atoms with Gasteiger partial charge in [-0.05, 0) is 45.9 Å². The van der Waals surface area contributed by atoms with Crippen LogP contribution in [0.4, 0.5) is 5.88 Å². The fraction of sp³-hybridized carbons (Fsp3) is 0.450. The topological polar surface area (TPSA) is 128 Å². The van der Waals surface area contributed by atoms with E-state index in [0.29, 0.717) is 5.69 Å². The van der Waals surface area contributed by atoms with Crippen LogP contribution in [0.1, 0.15) is 36.8 Å². The van der Waals surface area contributed by atoms with Crippen molar-refractivity contribution in [1.29, 1.82) is 0 Å². The largest absolute Gasteiger partial charge is 0.449 e. The molecule has 1 fully saturated rings. The van der Waals surface area contributed by atoms with Crippen molar-refractivity contribution in [1.82, 2.24) is 9.46 Å². The summed E-state index contributed by atoms with van der Waals surface area (Å²) in [6.07, 6.45) is -1.61. The van der Waals surface area contributed by atoms with E-state index in [2.05, 4.69) is 10.5 Å². The summed E-state index contributed by atoms with van der Waals surface area (Å²) in [6, 6.07) is 7.06. The normalized spacial score (nSPS) is 20.8. The van der Waals surface area contributed by atoms with Crippen LogP contribution >= 0.6 is 0 Å². The highest BCUT2D eigenvalue weighted by Gasteiger charge is 2.32. The van der Waals surface area contributed by atoms with Gasteiger partial charge in [-0.1, -0.05) is 11.2 Å². The minimum atomic E-state index is -3.82. The second-order valence-electron chi connectivity index (χ2n) is 7.48. The number of hydrogen-bond donors (Lipinski definition) is 1. The Kier molecular flexibility index (Phi) is 6.77. The molecule has 3 atom stereocenters. The van der Waals surface area contributed by atoms with E-state index < -0.39 is 28.0 Å². The van der Waals surface area contributed by atoms with Gasteiger partial charge < -0.3 is 14.0 Å². The highest BCUT2D eigenvalue weighted by atomic mass is 32.2. The molecular formula is C20H25N3O7S. The van der Waals surface area contributed by atoms with Crippen molar-refractivity contribution < 1.29 is 32.0 Å². The molecule has 3 unspecified atom stereocenters. The molecule has 0 radical (unpaired) electrons. The molecule has 10 nitrogen and oxygen atoms in total. The third-order valence-electron chi connectivity index (χ3n) is 4.62. The number of amides is 1. The number of carbonyl (C=O) groups excluding carboxylic acids is 2. The second kappa shape index (κ2) is 9.16. The number of ether oxygens (including phenoxy) is 2. The van der Waals surface area contributed by atoms with Gasteiger partial charge >= 0.3 is 5.97 Å². The zero-order valence-corrected chi connectivity index (χ0v) is 18.5. The lowest BCUT2D eigenvalue weighted by molar-refractivity contribution is -0.123. The molecule has 1 N–H and O–H groups in total. The van der Waals surface area contributed by atoms with Crippen molar-refractivity contribution in [3.8, 4) is 0 Å². The number of aromatic nitrogens is 1. The third-order valence-corrected chi connectivity index (χ3v) is 6.45. The van der Waals surface area contributed by atoms with E-state index in [1.807, 2.05) is 0 Å². The zero-order chi connectivity index (χ0) is 22.8. The van der Waals surface area contributed by atoms with Gasteiger partial charge in [0, 0.05) is 19.2 Å². The molecule has 1 amide bonds. The Labute approximate surface area is 180 Å². The molecule has 0 saturated carbocycles. The predicted molar refractivity (Wildman–Crippen MR) is 110 cm³/mol. The highest BCUT2D eigenvalue weighted by molar-refractivity contribution is 7.89. The summed E-state index contributed by atoms with van der Waals surface area (Å²) in [7, 11) is -3.82. The van der Waals surface area contributed by atoms with Gasteiger partial charge in [-0.2, -0.15) is 4.31 Å². The van der Waals surface area contributed by atoms with Crippen molar-refractivity contribution in [3.63, 3.8) is 0 Å². The number of benzene rings is 1. The van der Waals surface area contributed by atoms with Crippen LogP contribution in [-0.2, 0) is 24.3 Å². The van der Waals surface area contributed by atoms with Gasteiger partial charge in [0.25, 0.3) is 5.91 Å². The average molecular weight is 452 g/mol. The molecule has 1 aliphatic heterocycles. The number of aryl methyl sites for hydroxylation is 1. The van der Waals surface area contributed by atoms with Crippen LogP contribution in [0, 0.1) is 6.92 Å². The van der Waals surface area contributed by atoms with Crippen molar-refractivity contribution in [2.45, 2.75) is 50.9 Å². The maximum atomic E-state index is 13.0. The summed E-state index contributed by atoms with van der Waals surface area (Å²) in [6.45, 7) is 7.14. The van der Waals surface area contributed by atoms with Crippen LogP contribution in [-0.4, -0.2) is 61.2 Å². The molecule has 3 rings (SSSR count). The number of rotatable bonds is 6. The van der Waals surface area contributed by atoms with Crippen LogP contribution < -0.4 is 5.32 Å². The molecule has 0 spiro atoms. The molecule has 0 bridgehead atoms. The summed E-state index contributed by atoms with van der Waals surface area (Å²) in [4.78, 5) is 24.7. The van der Waals surface area contributed by atoms with Crippen LogP contribution in [0.25, 0.3) is 0 Å². The first-order chi connectivity index (χ1) is 14.6. The number of carbonyl (C=O) groups is 2. The Morgan fingerprint density at radius 3 is 2.52 bits per heavy atom. The zero-order valence-electron chi connectivity index (χ0n) is 17.7. The summed E-state index contributed by atoms with van der Waals surface area (Å²) in [5, 5.41) is 6.10. The average Bonchev–Trinajstić information content (AvgIpc) is 3.11. The first-order valence-corrected chi connectivity index (χ1v) is 11.2. The summed E-state index contributed by atoms with van der Waals surface area (Å²) in [5.74, 6) is -1.30. The minimum Gasteiger partial charge on any atom is -0.449 e. The van der Waals surface area contributed by atoms with Gasteiger partial charge in [0.2, 0.25) is 15.9 Å². The number of morpholine rings is 1. The summed E-state index contributed by atoms with van der Waals surface area (Å²) >= 11 is 0. The number of hydrogen-bond acceptors (Lipinski definition) is 8. The van der Waals surface area contributed by atoms with Crippen LogP contribution in [0.3, 0.4) is 0 Å². The highest BCUT2D eigenvalue weighted by Crippen LogP contribution is 2.22. The quantitative estimate of drug-likeness (QED) is 0.660. The van der Waals surface area contributed by atoms with Crippen LogP contribution in [0.2, 0.25) is 0 Å². The molecule has 1 saturated heterocycles. The van der Waals surface area contributed by atoms with Gasteiger partial charge in [-0.3, -0.25) is 10.1 Å². The van der Waals surface area contributed by atoms with Crippen molar-refractivity contribution in [2.24, 2.45) is 0 Å². The standard InChI is InChI=1S/C20H25N3O7S/c1-12-8-18(30-22-12)21-19(24)15(4)29-20(25)16-6-5-7-17(9-16)31(26,27)23-10-13(2)28-14(3)11-23/h5-9,13-15H,10-11H2,1-4H3,(H,21,24).